The molecule has 4 aromatic rings. The van der Waals surface area contributed by atoms with Gasteiger partial charge in [0.15, 0.2) is 11.5 Å². The molecule has 0 fully saturated rings. The fourth-order valence-corrected chi connectivity index (χ4v) is 3.70. The van der Waals surface area contributed by atoms with E-state index in [1.807, 2.05) is 55.0 Å². The van der Waals surface area contributed by atoms with Gasteiger partial charge in [0, 0.05) is 11.8 Å². The van der Waals surface area contributed by atoms with Crippen LogP contribution in [0.25, 0.3) is 22.3 Å². The van der Waals surface area contributed by atoms with Gasteiger partial charge in [0.05, 0.1) is 23.9 Å². The topological polar surface area (TPSA) is 95.0 Å². The first-order valence-corrected chi connectivity index (χ1v) is 10.3. The molecular formula is C23H27N6O2+. The second-order valence-electron chi connectivity index (χ2n) is 7.56. The maximum Gasteiger partial charge on any atom is 0.259 e. The number of ether oxygens (including phenoxy) is 1. The molecule has 31 heavy (non-hydrogen) atoms. The van der Waals surface area contributed by atoms with Crippen molar-refractivity contribution in [2.75, 3.05) is 7.11 Å². The Hall–Kier alpha value is -3.52. The van der Waals surface area contributed by atoms with Crippen molar-refractivity contribution >= 4 is 17.0 Å². The summed E-state index contributed by atoms with van der Waals surface area (Å²) in [6.45, 7) is 9.97. The lowest BCUT2D eigenvalue weighted by Gasteiger charge is -2.08. The molecule has 160 valence electrons. The van der Waals surface area contributed by atoms with E-state index in [-0.39, 0.29) is 0 Å². The van der Waals surface area contributed by atoms with Crippen molar-refractivity contribution in [1.29, 1.82) is 0 Å². The summed E-state index contributed by atoms with van der Waals surface area (Å²) in [5.74, 6) is 2.94. The number of aromatic nitrogens is 5. The molecule has 8 heteroatoms. The monoisotopic (exact) mass is 419 g/mol. The van der Waals surface area contributed by atoms with Gasteiger partial charge < -0.3 is 9.26 Å². The van der Waals surface area contributed by atoms with Gasteiger partial charge >= 0.3 is 0 Å². The number of hydrogen-bond donors (Lipinski definition) is 1. The van der Waals surface area contributed by atoms with Gasteiger partial charge in [-0.15, -0.1) is 0 Å². The van der Waals surface area contributed by atoms with Crippen LogP contribution in [0.4, 0.5) is 5.82 Å². The van der Waals surface area contributed by atoms with E-state index >= 15 is 0 Å². The molecular weight excluding hydrogens is 392 g/mol. The fraction of sp³-hybridized carbons (Fsp3) is 0.304. The average Bonchev–Trinajstić information content (AvgIpc) is 3.31. The molecule has 0 aliphatic carbocycles. The van der Waals surface area contributed by atoms with Crippen molar-refractivity contribution in [2.24, 2.45) is 0 Å². The number of rotatable bonds is 6. The number of aryl methyl sites for hydroxylation is 4. The van der Waals surface area contributed by atoms with Crippen LogP contribution in [0.3, 0.4) is 0 Å². The van der Waals surface area contributed by atoms with E-state index in [2.05, 4.69) is 30.1 Å². The van der Waals surface area contributed by atoms with Crippen molar-refractivity contribution in [3.8, 4) is 16.9 Å². The number of methoxy groups -OCH3 is 1. The highest BCUT2D eigenvalue weighted by Gasteiger charge is 2.19. The third-order valence-electron chi connectivity index (χ3n) is 5.26. The average molecular weight is 420 g/mol. The van der Waals surface area contributed by atoms with E-state index in [4.69, 9.17) is 19.3 Å². The van der Waals surface area contributed by atoms with Gasteiger partial charge in [-0.2, -0.15) is 14.6 Å². The number of benzene rings is 1. The predicted octanol–water partition coefficient (Wildman–Crippen LogP) is 3.67. The van der Waals surface area contributed by atoms with Crippen LogP contribution < -0.4 is 10.1 Å². The molecule has 0 spiro atoms. The minimum atomic E-state index is 0.546. The van der Waals surface area contributed by atoms with Gasteiger partial charge in [-0.1, -0.05) is 18.1 Å². The van der Waals surface area contributed by atoms with E-state index in [1.165, 1.54) is 0 Å². The first kappa shape index (κ1) is 20.7. The number of quaternary nitrogens is 1. The number of fused-ring (bicyclic) bond motifs is 1. The van der Waals surface area contributed by atoms with Crippen LogP contribution in [0.15, 0.2) is 35.0 Å². The lowest BCUT2D eigenvalue weighted by Crippen LogP contribution is -2.72. The Kier molecular flexibility index (Phi) is 5.56. The van der Waals surface area contributed by atoms with Gasteiger partial charge in [0.25, 0.3) is 5.89 Å². The second-order valence-corrected chi connectivity index (χ2v) is 7.56. The van der Waals surface area contributed by atoms with E-state index < -0.39 is 0 Å². The van der Waals surface area contributed by atoms with Crippen LogP contribution in [0.1, 0.15) is 42.0 Å². The Morgan fingerprint density at radius 3 is 2.61 bits per heavy atom. The molecule has 4 rings (SSSR count). The molecule has 0 amide bonds. The highest BCUT2D eigenvalue weighted by atomic mass is 16.5. The maximum atomic E-state index is 5.36. The summed E-state index contributed by atoms with van der Waals surface area (Å²) in [4.78, 5) is 9.16. The molecule has 0 saturated carbocycles. The van der Waals surface area contributed by atoms with Crippen molar-refractivity contribution in [3.05, 3.63) is 59.1 Å². The molecule has 8 nitrogen and oxygen atoms in total. The van der Waals surface area contributed by atoms with Gasteiger partial charge in [-0.3, -0.25) is 5.32 Å². The van der Waals surface area contributed by atoms with E-state index in [0.717, 1.165) is 57.3 Å². The molecule has 0 unspecified atom stereocenters. The van der Waals surface area contributed by atoms with Crippen LogP contribution in [0.2, 0.25) is 0 Å². The SMILES string of the molecule is CCC(=C[NH2+]c1cc(C)nc2c(-c3ccc(OC)cc3C)c(C)nn12)c1nc(C)no1. The zero-order chi connectivity index (χ0) is 22.1. The van der Waals surface area contributed by atoms with Crippen LogP contribution >= 0.6 is 0 Å². The molecule has 0 aliphatic rings. The molecule has 0 aliphatic heterocycles. The van der Waals surface area contributed by atoms with Gasteiger partial charge in [-0.25, -0.2) is 4.98 Å². The molecule has 3 aromatic heterocycles. The lowest BCUT2D eigenvalue weighted by atomic mass is 10.0. The highest BCUT2D eigenvalue weighted by Crippen LogP contribution is 2.32. The van der Waals surface area contributed by atoms with Crippen molar-refractivity contribution in [3.63, 3.8) is 0 Å². The van der Waals surface area contributed by atoms with Crippen molar-refractivity contribution in [2.45, 2.75) is 41.0 Å². The Morgan fingerprint density at radius 2 is 1.97 bits per heavy atom. The Labute approximate surface area is 181 Å². The standard InChI is InChI=1S/C23H26N6O2/c1-7-17(23-26-16(5)28-31-23)12-24-20-11-14(3)25-22-21(15(4)27-29(20)22)19-9-8-18(30-6)10-13(19)2/h8-12,24H,7H2,1-6H3/p+1. The number of nitrogens with two attached hydrogens (primary N) is 1. The highest BCUT2D eigenvalue weighted by molar-refractivity contribution is 5.82. The largest absolute Gasteiger partial charge is 0.497 e. The number of hydrogen-bond acceptors (Lipinski definition) is 6. The Morgan fingerprint density at radius 1 is 1.16 bits per heavy atom. The number of allylic oxidation sites excluding steroid dienone is 1. The first-order chi connectivity index (χ1) is 14.9. The van der Waals surface area contributed by atoms with Crippen LogP contribution in [-0.2, 0) is 0 Å². The van der Waals surface area contributed by atoms with Crippen LogP contribution in [0, 0.1) is 27.7 Å². The zero-order valence-corrected chi connectivity index (χ0v) is 18.7. The van der Waals surface area contributed by atoms with Crippen LogP contribution in [-0.4, -0.2) is 31.8 Å². The summed E-state index contributed by atoms with van der Waals surface area (Å²) in [5.41, 5.74) is 6.90. The summed E-state index contributed by atoms with van der Waals surface area (Å²) < 4.78 is 12.6. The van der Waals surface area contributed by atoms with Gasteiger partial charge in [-0.05, 0) is 57.4 Å². The minimum Gasteiger partial charge on any atom is -0.497 e. The molecule has 0 atom stereocenters. The van der Waals surface area contributed by atoms with Crippen molar-refractivity contribution in [1.82, 2.24) is 24.7 Å². The second kappa shape index (κ2) is 8.31. The van der Waals surface area contributed by atoms with E-state index in [1.54, 1.807) is 7.11 Å². The normalized spacial score (nSPS) is 12.0. The van der Waals surface area contributed by atoms with E-state index in [0.29, 0.717) is 11.7 Å². The summed E-state index contributed by atoms with van der Waals surface area (Å²) in [6.07, 6.45) is 2.79. The molecule has 0 saturated heterocycles. The smallest absolute Gasteiger partial charge is 0.259 e. The Bertz CT molecular complexity index is 1280. The van der Waals surface area contributed by atoms with Gasteiger partial charge in [0.2, 0.25) is 5.82 Å². The molecule has 0 radical (unpaired) electrons. The van der Waals surface area contributed by atoms with Gasteiger partial charge in [0.1, 0.15) is 11.9 Å². The molecule has 0 bridgehead atoms. The van der Waals surface area contributed by atoms with E-state index in [9.17, 15) is 0 Å². The predicted molar refractivity (Wildman–Crippen MR) is 118 cm³/mol. The van der Waals surface area contributed by atoms with Crippen LogP contribution in [0.5, 0.6) is 5.75 Å². The molecule has 3 heterocycles. The fourth-order valence-electron chi connectivity index (χ4n) is 3.70. The third kappa shape index (κ3) is 3.94. The molecule has 1 aromatic carbocycles. The summed E-state index contributed by atoms with van der Waals surface area (Å²) in [6, 6.07) is 8.09. The zero-order valence-electron chi connectivity index (χ0n) is 18.7. The Balaban J connectivity index is 1.80. The lowest BCUT2D eigenvalue weighted by molar-refractivity contribution is -0.501. The maximum absolute atomic E-state index is 5.36. The first-order valence-electron chi connectivity index (χ1n) is 10.3. The number of nitrogens with zero attached hydrogens (tertiary/aromatic N) is 5. The summed E-state index contributed by atoms with van der Waals surface area (Å²) in [7, 11) is 1.68. The third-order valence-corrected chi connectivity index (χ3v) is 5.26. The molecule has 2 N–H and O–H groups in total. The minimum absolute atomic E-state index is 0.546. The summed E-state index contributed by atoms with van der Waals surface area (Å²) >= 11 is 0. The summed E-state index contributed by atoms with van der Waals surface area (Å²) in [5, 5.41) is 10.7. The van der Waals surface area contributed by atoms with Crippen molar-refractivity contribution < 1.29 is 14.6 Å². The quantitative estimate of drug-likeness (QED) is 0.512.